The highest BCUT2D eigenvalue weighted by atomic mass is 35.5. The van der Waals surface area contributed by atoms with E-state index in [9.17, 15) is 0 Å². The smallest absolute Gasteiger partial charge is 0.231 e. The largest absolute Gasteiger partial charge is 0.378 e. The number of benzene rings is 1. The molecule has 0 radical (unpaired) electrons. The van der Waals surface area contributed by atoms with Crippen molar-refractivity contribution in [1.82, 2.24) is 15.0 Å². The number of nitrogens with two attached hydrogens (primary N) is 1. The van der Waals surface area contributed by atoms with Gasteiger partial charge in [-0.3, -0.25) is 0 Å². The fourth-order valence-electron chi connectivity index (χ4n) is 1.92. The first-order chi connectivity index (χ1) is 10.2. The minimum absolute atomic E-state index is 0.225. The molecule has 2 N–H and O–H groups in total. The molecule has 0 bridgehead atoms. The number of aromatic nitrogens is 3. The van der Waals surface area contributed by atoms with Gasteiger partial charge in [-0.05, 0) is 36.0 Å². The average molecular weight is 324 g/mol. The van der Waals surface area contributed by atoms with Gasteiger partial charge in [-0.2, -0.15) is 15.0 Å². The maximum absolute atomic E-state index is 5.88. The molecule has 1 aromatic heterocycles. The van der Waals surface area contributed by atoms with E-state index in [0.717, 1.165) is 18.0 Å². The van der Waals surface area contributed by atoms with E-state index in [0.29, 0.717) is 29.3 Å². The lowest BCUT2D eigenvalue weighted by atomic mass is 10.4. The van der Waals surface area contributed by atoms with Gasteiger partial charge in [-0.15, -0.1) is 0 Å². The number of halogens is 1. The van der Waals surface area contributed by atoms with Crippen molar-refractivity contribution in [2.75, 3.05) is 36.9 Å². The zero-order chi connectivity index (χ0) is 14.7. The Labute approximate surface area is 131 Å². The van der Waals surface area contributed by atoms with Crippen molar-refractivity contribution >= 4 is 35.3 Å². The molecule has 21 heavy (non-hydrogen) atoms. The Bertz CT molecular complexity index is 618. The first-order valence-electron chi connectivity index (χ1n) is 6.48. The molecule has 1 saturated heterocycles. The summed E-state index contributed by atoms with van der Waals surface area (Å²) in [5.74, 6) is 0.824. The Morgan fingerprint density at radius 2 is 1.81 bits per heavy atom. The van der Waals surface area contributed by atoms with E-state index in [4.69, 9.17) is 22.1 Å². The predicted molar refractivity (Wildman–Crippen MR) is 82.8 cm³/mol. The van der Waals surface area contributed by atoms with Gasteiger partial charge in [0.05, 0.1) is 13.2 Å². The van der Waals surface area contributed by atoms with E-state index in [2.05, 4.69) is 15.0 Å². The van der Waals surface area contributed by atoms with Gasteiger partial charge in [0.15, 0.2) is 5.16 Å². The van der Waals surface area contributed by atoms with Gasteiger partial charge in [0.1, 0.15) is 0 Å². The maximum atomic E-state index is 5.88. The summed E-state index contributed by atoms with van der Waals surface area (Å²) in [6.07, 6.45) is 0. The second-order valence-corrected chi connectivity index (χ2v) is 5.91. The van der Waals surface area contributed by atoms with Crippen LogP contribution in [0.2, 0.25) is 5.02 Å². The second kappa shape index (κ2) is 6.46. The summed E-state index contributed by atoms with van der Waals surface area (Å²) >= 11 is 7.31. The van der Waals surface area contributed by atoms with Crippen LogP contribution in [0.3, 0.4) is 0 Å². The van der Waals surface area contributed by atoms with Gasteiger partial charge in [0.25, 0.3) is 0 Å². The van der Waals surface area contributed by atoms with Gasteiger partial charge in [0, 0.05) is 23.0 Å². The van der Waals surface area contributed by atoms with Crippen LogP contribution in [-0.2, 0) is 4.74 Å². The Balaban J connectivity index is 1.81. The van der Waals surface area contributed by atoms with Crippen LogP contribution >= 0.6 is 23.4 Å². The van der Waals surface area contributed by atoms with Crippen molar-refractivity contribution in [1.29, 1.82) is 0 Å². The number of ether oxygens (including phenoxy) is 1. The molecule has 3 rings (SSSR count). The standard InChI is InChI=1S/C13H14ClN5OS/c14-9-1-3-10(4-2-9)21-13-17-11(15)16-12(18-13)19-5-7-20-8-6-19/h1-4H,5-8H2,(H2,15,16,17,18). The third kappa shape index (κ3) is 3.75. The zero-order valence-corrected chi connectivity index (χ0v) is 12.8. The number of morpholine rings is 1. The average Bonchev–Trinajstić information content (AvgIpc) is 2.50. The zero-order valence-electron chi connectivity index (χ0n) is 11.2. The number of hydrogen-bond donors (Lipinski definition) is 1. The Hall–Kier alpha value is -1.57. The molecule has 1 aliphatic heterocycles. The van der Waals surface area contributed by atoms with Crippen molar-refractivity contribution in [2.24, 2.45) is 0 Å². The lowest BCUT2D eigenvalue weighted by Crippen LogP contribution is -2.37. The molecule has 2 aromatic rings. The van der Waals surface area contributed by atoms with E-state index in [-0.39, 0.29) is 5.95 Å². The molecule has 1 aliphatic rings. The number of hydrogen-bond acceptors (Lipinski definition) is 7. The summed E-state index contributed by atoms with van der Waals surface area (Å²) in [6, 6.07) is 7.50. The molecule has 0 aliphatic carbocycles. The van der Waals surface area contributed by atoms with Crippen LogP contribution in [0, 0.1) is 0 Å². The molecule has 0 saturated carbocycles. The molecule has 8 heteroatoms. The summed E-state index contributed by atoms with van der Waals surface area (Å²) in [5, 5.41) is 1.27. The predicted octanol–water partition coefficient (Wildman–Crippen LogP) is 2.09. The Morgan fingerprint density at radius 1 is 1.10 bits per heavy atom. The van der Waals surface area contributed by atoms with Gasteiger partial charge < -0.3 is 15.4 Å². The molecule has 0 amide bonds. The van der Waals surface area contributed by atoms with E-state index < -0.39 is 0 Å². The number of nitrogen functional groups attached to an aromatic ring is 1. The first kappa shape index (κ1) is 14.4. The van der Waals surface area contributed by atoms with Crippen molar-refractivity contribution in [3.8, 4) is 0 Å². The maximum Gasteiger partial charge on any atom is 0.231 e. The third-order valence-electron chi connectivity index (χ3n) is 2.94. The normalized spacial score (nSPS) is 15.2. The number of anilines is 2. The summed E-state index contributed by atoms with van der Waals surface area (Å²) in [4.78, 5) is 15.9. The minimum atomic E-state index is 0.225. The van der Waals surface area contributed by atoms with E-state index in [1.807, 2.05) is 29.2 Å². The fourth-order valence-corrected chi connectivity index (χ4v) is 2.79. The van der Waals surface area contributed by atoms with E-state index in [1.54, 1.807) is 0 Å². The highest BCUT2D eigenvalue weighted by molar-refractivity contribution is 7.99. The number of nitrogens with zero attached hydrogens (tertiary/aromatic N) is 4. The van der Waals surface area contributed by atoms with Crippen molar-refractivity contribution in [2.45, 2.75) is 10.1 Å². The molecule has 0 spiro atoms. The number of rotatable bonds is 3. The third-order valence-corrected chi connectivity index (χ3v) is 4.06. The van der Waals surface area contributed by atoms with Gasteiger partial charge in [-0.25, -0.2) is 0 Å². The molecule has 2 heterocycles. The Kier molecular flexibility index (Phi) is 4.42. The summed E-state index contributed by atoms with van der Waals surface area (Å²) in [7, 11) is 0. The molecule has 6 nitrogen and oxygen atoms in total. The van der Waals surface area contributed by atoms with Crippen molar-refractivity contribution in [3.63, 3.8) is 0 Å². The van der Waals surface area contributed by atoms with Gasteiger partial charge in [-0.1, -0.05) is 11.6 Å². The van der Waals surface area contributed by atoms with Gasteiger partial charge >= 0.3 is 0 Å². The van der Waals surface area contributed by atoms with Crippen molar-refractivity contribution < 1.29 is 4.74 Å². The van der Waals surface area contributed by atoms with Crippen LogP contribution in [0.15, 0.2) is 34.3 Å². The molecule has 1 fully saturated rings. The quantitative estimate of drug-likeness (QED) is 0.926. The second-order valence-electron chi connectivity index (χ2n) is 4.43. The van der Waals surface area contributed by atoms with Crippen LogP contribution in [-0.4, -0.2) is 41.3 Å². The summed E-state index contributed by atoms with van der Waals surface area (Å²) < 4.78 is 5.33. The molecular formula is C13H14ClN5OS. The molecule has 0 unspecified atom stereocenters. The summed E-state index contributed by atoms with van der Waals surface area (Å²) in [5.41, 5.74) is 5.79. The van der Waals surface area contributed by atoms with Crippen LogP contribution in [0.5, 0.6) is 0 Å². The highest BCUT2D eigenvalue weighted by Crippen LogP contribution is 2.27. The van der Waals surface area contributed by atoms with Crippen molar-refractivity contribution in [3.05, 3.63) is 29.3 Å². The lowest BCUT2D eigenvalue weighted by molar-refractivity contribution is 0.122. The van der Waals surface area contributed by atoms with Crippen LogP contribution < -0.4 is 10.6 Å². The highest BCUT2D eigenvalue weighted by Gasteiger charge is 2.16. The van der Waals surface area contributed by atoms with E-state index in [1.165, 1.54) is 11.8 Å². The van der Waals surface area contributed by atoms with E-state index >= 15 is 0 Å². The Morgan fingerprint density at radius 3 is 2.52 bits per heavy atom. The minimum Gasteiger partial charge on any atom is -0.378 e. The van der Waals surface area contributed by atoms with Crippen LogP contribution in [0.25, 0.3) is 0 Å². The topological polar surface area (TPSA) is 77.2 Å². The molecular weight excluding hydrogens is 310 g/mol. The summed E-state index contributed by atoms with van der Waals surface area (Å²) in [6.45, 7) is 2.86. The first-order valence-corrected chi connectivity index (χ1v) is 7.68. The van der Waals surface area contributed by atoms with Crippen LogP contribution in [0.1, 0.15) is 0 Å². The van der Waals surface area contributed by atoms with Crippen LogP contribution in [0.4, 0.5) is 11.9 Å². The SMILES string of the molecule is Nc1nc(Sc2ccc(Cl)cc2)nc(N2CCOCC2)n1. The molecule has 1 aromatic carbocycles. The monoisotopic (exact) mass is 323 g/mol. The molecule has 110 valence electrons. The fraction of sp³-hybridized carbons (Fsp3) is 0.308. The molecule has 0 atom stereocenters. The lowest BCUT2D eigenvalue weighted by Gasteiger charge is -2.26. The van der Waals surface area contributed by atoms with Gasteiger partial charge in [0.2, 0.25) is 11.9 Å².